The quantitative estimate of drug-likeness (QED) is 0.377. The van der Waals surface area contributed by atoms with Gasteiger partial charge in [0.2, 0.25) is 0 Å². The Bertz CT molecular complexity index is 1540. The van der Waals surface area contributed by atoms with Crippen molar-refractivity contribution >= 4 is 16.7 Å². The Balaban J connectivity index is 1.13. The summed E-state index contributed by atoms with van der Waals surface area (Å²) in [5, 5.41) is 0. The molecule has 2 aromatic carbocycles. The molecule has 2 aliphatic rings. The number of alkyl halides is 3. The molecule has 0 bridgehead atoms. The Labute approximate surface area is 230 Å². The summed E-state index contributed by atoms with van der Waals surface area (Å²) in [5.41, 5.74) is 4.66. The molecule has 40 heavy (non-hydrogen) atoms. The largest absolute Gasteiger partial charge is 0.416 e. The van der Waals surface area contributed by atoms with Crippen molar-refractivity contribution in [1.82, 2.24) is 29.3 Å². The van der Waals surface area contributed by atoms with E-state index in [4.69, 9.17) is 4.98 Å². The number of aromatic nitrogens is 4. The highest BCUT2D eigenvalue weighted by atomic mass is 19.4. The Morgan fingerprint density at radius 3 is 2.33 bits per heavy atom. The lowest BCUT2D eigenvalue weighted by molar-refractivity contribution is -0.137. The molecular weight excluding hydrogens is 519 g/mol. The highest BCUT2D eigenvalue weighted by Crippen LogP contribution is 2.31. The first-order valence-electron chi connectivity index (χ1n) is 13.8. The van der Waals surface area contributed by atoms with Gasteiger partial charge in [-0.25, -0.2) is 9.78 Å². The smallest absolute Gasteiger partial charge is 0.369 e. The fraction of sp³-hybridized carbons (Fsp3) is 0.448. The number of fused-ring (bicyclic) bond motifs is 1. The molecule has 0 saturated carbocycles. The first-order valence-corrected chi connectivity index (χ1v) is 13.8. The van der Waals surface area contributed by atoms with Gasteiger partial charge in [-0.3, -0.25) is 9.47 Å². The standard InChI is InChI=1S/C29H34F3N7O/c1-19-25(34-27(33-19)20-3-5-21(6-4-20)29(30,31)32)18-37-11-9-22(10-12-37)39-26-17-23(7-8-24(26)35-28(39)40)38-15-13-36(2)14-16-38/h3-8,17,22H,9-16,18H2,1-2H3,(H,33,34)(H,35,40). The number of likely N-dealkylation sites (tertiary alicyclic amines) is 1. The van der Waals surface area contributed by atoms with Crippen molar-refractivity contribution in [3.63, 3.8) is 0 Å². The summed E-state index contributed by atoms with van der Waals surface area (Å²) in [6.45, 7) is 8.23. The van der Waals surface area contributed by atoms with Gasteiger partial charge < -0.3 is 19.8 Å². The Kier molecular flexibility index (Phi) is 6.95. The molecule has 0 amide bonds. The molecule has 2 aliphatic heterocycles. The molecular formula is C29H34F3N7O. The van der Waals surface area contributed by atoms with Crippen LogP contribution in [0.25, 0.3) is 22.4 Å². The van der Waals surface area contributed by atoms with Crippen molar-refractivity contribution in [2.75, 3.05) is 51.2 Å². The fourth-order valence-electron chi connectivity index (χ4n) is 5.89. The number of aryl methyl sites for hydroxylation is 1. The monoisotopic (exact) mass is 553 g/mol. The summed E-state index contributed by atoms with van der Waals surface area (Å²) in [6.07, 6.45) is -2.67. The molecule has 0 atom stereocenters. The lowest BCUT2D eigenvalue weighted by Crippen LogP contribution is -2.44. The minimum absolute atomic E-state index is 0.0618. The maximum absolute atomic E-state index is 13.0. The van der Waals surface area contributed by atoms with Crippen LogP contribution >= 0.6 is 0 Å². The number of H-pyrrole nitrogens is 2. The van der Waals surface area contributed by atoms with Crippen molar-refractivity contribution in [2.24, 2.45) is 0 Å². The van der Waals surface area contributed by atoms with Crippen LogP contribution in [-0.4, -0.2) is 75.6 Å². The molecule has 0 radical (unpaired) electrons. The van der Waals surface area contributed by atoms with E-state index >= 15 is 0 Å². The number of rotatable bonds is 5. The maximum Gasteiger partial charge on any atom is 0.416 e. The van der Waals surface area contributed by atoms with E-state index in [1.54, 1.807) is 0 Å². The number of anilines is 1. The van der Waals surface area contributed by atoms with Gasteiger partial charge in [-0.05, 0) is 57.1 Å². The van der Waals surface area contributed by atoms with Crippen molar-refractivity contribution < 1.29 is 13.2 Å². The number of imidazole rings is 2. The van der Waals surface area contributed by atoms with E-state index in [0.29, 0.717) is 17.9 Å². The van der Waals surface area contributed by atoms with Gasteiger partial charge in [0.25, 0.3) is 0 Å². The van der Waals surface area contributed by atoms with Crippen molar-refractivity contribution in [1.29, 1.82) is 0 Å². The number of hydrogen-bond acceptors (Lipinski definition) is 5. The van der Waals surface area contributed by atoms with E-state index in [1.165, 1.54) is 12.1 Å². The van der Waals surface area contributed by atoms with Gasteiger partial charge in [-0.2, -0.15) is 13.2 Å². The van der Waals surface area contributed by atoms with E-state index in [-0.39, 0.29) is 11.7 Å². The van der Waals surface area contributed by atoms with Crippen molar-refractivity contribution in [3.05, 3.63) is 69.9 Å². The third kappa shape index (κ3) is 5.27. The van der Waals surface area contributed by atoms with E-state index in [0.717, 1.165) is 92.4 Å². The van der Waals surface area contributed by atoms with E-state index < -0.39 is 11.7 Å². The minimum atomic E-state index is -4.36. The summed E-state index contributed by atoms with van der Waals surface area (Å²) in [7, 11) is 2.14. The minimum Gasteiger partial charge on any atom is -0.369 e. The predicted octanol–water partition coefficient (Wildman–Crippen LogP) is 4.64. The number of nitrogens with one attached hydrogen (secondary N) is 2. The van der Waals surface area contributed by atoms with Crippen molar-refractivity contribution in [2.45, 2.75) is 38.5 Å². The zero-order chi connectivity index (χ0) is 28.0. The molecule has 8 nitrogen and oxygen atoms in total. The molecule has 2 aromatic heterocycles. The van der Waals surface area contributed by atoms with Gasteiger partial charge in [0.1, 0.15) is 5.82 Å². The van der Waals surface area contributed by atoms with Crippen molar-refractivity contribution in [3.8, 4) is 11.4 Å². The highest BCUT2D eigenvalue weighted by molar-refractivity contribution is 5.80. The molecule has 0 spiro atoms. The fourth-order valence-corrected chi connectivity index (χ4v) is 5.89. The zero-order valence-electron chi connectivity index (χ0n) is 22.8. The highest BCUT2D eigenvalue weighted by Gasteiger charge is 2.30. The van der Waals surface area contributed by atoms with Gasteiger partial charge in [0.05, 0.1) is 22.3 Å². The Morgan fingerprint density at radius 1 is 0.950 bits per heavy atom. The van der Waals surface area contributed by atoms with Crippen LogP contribution in [0.2, 0.25) is 0 Å². The molecule has 2 saturated heterocycles. The lowest BCUT2D eigenvalue weighted by Gasteiger charge is -2.34. The first-order chi connectivity index (χ1) is 19.2. The number of halogens is 3. The number of benzene rings is 2. The number of piperazine rings is 1. The van der Waals surface area contributed by atoms with Crippen LogP contribution in [0.1, 0.15) is 35.8 Å². The van der Waals surface area contributed by atoms with Gasteiger partial charge in [0.15, 0.2) is 0 Å². The van der Waals surface area contributed by atoms with Gasteiger partial charge in [0, 0.05) is 68.8 Å². The van der Waals surface area contributed by atoms with Crippen LogP contribution in [0.15, 0.2) is 47.3 Å². The normalized spacial score (nSPS) is 18.2. The third-order valence-corrected chi connectivity index (χ3v) is 8.34. The molecule has 4 heterocycles. The summed E-state index contributed by atoms with van der Waals surface area (Å²) < 4.78 is 40.7. The molecule has 6 rings (SSSR count). The topological polar surface area (TPSA) is 76.2 Å². The molecule has 2 N–H and O–H groups in total. The van der Waals surface area contributed by atoms with E-state index in [9.17, 15) is 18.0 Å². The summed E-state index contributed by atoms with van der Waals surface area (Å²) in [5.74, 6) is 0.567. The molecule has 0 unspecified atom stereocenters. The van der Waals surface area contributed by atoms with Gasteiger partial charge in [-0.15, -0.1) is 0 Å². The second kappa shape index (κ2) is 10.4. The molecule has 11 heteroatoms. The number of hydrogen-bond donors (Lipinski definition) is 2. The molecule has 4 aromatic rings. The summed E-state index contributed by atoms with van der Waals surface area (Å²) in [6, 6.07) is 11.4. The Hall–Kier alpha value is -3.57. The van der Waals surface area contributed by atoms with Crippen LogP contribution < -0.4 is 10.6 Å². The lowest BCUT2D eigenvalue weighted by atomic mass is 10.0. The van der Waals surface area contributed by atoms with Gasteiger partial charge in [-0.1, -0.05) is 12.1 Å². The number of likely N-dealkylation sites (N-methyl/N-ethyl adjacent to an activating group) is 1. The van der Waals surface area contributed by atoms with Gasteiger partial charge >= 0.3 is 11.9 Å². The Morgan fingerprint density at radius 2 is 1.65 bits per heavy atom. The second-order valence-corrected chi connectivity index (χ2v) is 11.0. The van der Waals surface area contributed by atoms with Crippen LogP contribution in [0, 0.1) is 6.92 Å². The number of nitrogens with zero attached hydrogens (tertiary/aromatic N) is 5. The van der Waals surface area contributed by atoms with Crippen LogP contribution in [0.5, 0.6) is 0 Å². The third-order valence-electron chi connectivity index (χ3n) is 8.34. The number of piperidine rings is 1. The maximum atomic E-state index is 13.0. The second-order valence-electron chi connectivity index (χ2n) is 11.0. The summed E-state index contributed by atoms with van der Waals surface area (Å²) in [4.78, 5) is 31.0. The average Bonchev–Trinajstić information content (AvgIpc) is 3.47. The predicted molar refractivity (Wildman–Crippen MR) is 150 cm³/mol. The zero-order valence-corrected chi connectivity index (χ0v) is 22.8. The SMILES string of the molecule is Cc1[nH]c(-c2ccc(C(F)(F)F)cc2)nc1CN1CCC(n2c(=O)[nH]c3ccc(N4CCN(C)CC4)cc32)CC1. The molecule has 2 fully saturated rings. The van der Waals surface area contributed by atoms with Crippen LogP contribution in [-0.2, 0) is 12.7 Å². The van der Waals surface area contributed by atoms with E-state index in [2.05, 4.69) is 43.8 Å². The first kappa shape index (κ1) is 26.6. The average molecular weight is 554 g/mol. The summed E-state index contributed by atoms with van der Waals surface area (Å²) >= 11 is 0. The molecule has 212 valence electrons. The number of aromatic amines is 2. The van der Waals surface area contributed by atoms with E-state index in [1.807, 2.05) is 17.6 Å². The molecule has 0 aliphatic carbocycles. The van der Waals surface area contributed by atoms with Crippen LogP contribution in [0.3, 0.4) is 0 Å². The van der Waals surface area contributed by atoms with Crippen LogP contribution in [0.4, 0.5) is 18.9 Å².